The molecule has 1 fully saturated rings. The first-order valence-electron chi connectivity index (χ1n) is 11.1. The molecule has 6 nitrogen and oxygen atoms in total. The van der Waals surface area contributed by atoms with Crippen molar-refractivity contribution in [3.8, 4) is 5.88 Å². The van der Waals surface area contributed by atoms with Crippen LogP contribution >= 0.6 is 0 Å². The Morgan fingerprint density at radius 2 is 1.97 bits per heavy atom. The molecule has 0 aliphatic carbocycles. The lowest BCUT2D eigenvalue weighted by Crippen LogP contribution is -2.50. The van der Waals surface area contributed by atoms with Gasteiger partial charge in [0.1, 0.15) is 23.3 Å². The van der Waals surface area contributed by atoms with Crippen LogP contribution in [0.2, 0.25) is 0 Å². The highest BCUT2D eigenvalue weighted by Gasteiger charge is 2.44. The number of nitrogens with one attached hydrogen (secondary N) is 1. The van der Waals surface area contributed by atoms with E-state index in [9.17, 15) is 13.6 Å². The minimum atomic E-state index is -0.884. The van der Waals surface area contributed by atoms with Gasteiger partial charge in [0.25, 0.3) is 0 Å². The van der Waals surface area contributed by atoms with Gasteiger partial charge in [-0.3, -0.25) is 5.10 Å². The predicted octanol–water partition coefficient (Wildman–Crippen LogP) is 6.00. The number of hydrogen-bond acceptors (Lipinski definition) is 4. The van der Waals surface area contributed by atoms with E-state index in [1.807, 2.05) is 52.0 Å². The van der Waals surface area contributed by atoms with Crippen LogP contribution in [0.1, 0.15) is 52.2 Å². The summed E-state index contributed by atoms with van der Waals surface area (Å²) in [6.07, 6.45) is 0.00518. The average Bonchev–Trinajstić information content (AvgIpc) is 3.16. The quantitative estimate of drug-likeness (QED) is 0.522. The first-order chi connectivity index (χ1) is 15.6. The standard InChI is InChI=1S/C25H29F2N3O3/c1-24(2,3)33-23(31)30-13-7-12-25(4,15-30)21(18-14-16(26)10-11-19(18)27)32-22-17-8-5-6-9-20(17)28-29-22/h5-6,8-11,14,21H,7,12-13,15H2,1-4H3,(H,28,29). The summed E-state index contributed by atoms with van der Waals surface area (Å²) in [7, 11) is 0. The summed E-state index contributed by atoms with van der Waals surface area (Å²) in [5.41, 5.74) is -0.487. The number of ether oxygens (including phenoxy) is 2. The van der Waals surface area contributed by atoms with E-state index in [0.29, 0.717) is 25.3 Å². The Hall–Kier alpha value is -3.16. The summed E-state index contributed by atoms with van der Waals surface area (Å²) in [6, 6.07) is 10.8. The molecule has 2 atom stereocenters. The monoisotopic (exact) mass is 457 g/mol. The van der Waals surface area contributed by atoms with Gasteiger partial charge in [0.2, 0.25) is 5.88 Å². The maximum atomic E-state index is 15.0. The maximum Gasteiger partial charge on any atom is 0.410 e. The molecule has 176 valence electrons. The minimum Gasteiger partial charge on any atom is -0.467 e. The topological polar surface area (TPSA) is 67.4 Å². The zero-order chi connectivity index (χ0) is 23.8. The van der Waals surface area contributed by atoms with Crippen LogP contribution in [0.4, 0.5) is 13.6 Å². The van der Waals surface area contributed by atoms with Crippen molar-refractivity contribution in [2.45, 2.75) is 52.2 Å². The van der Waals surface area contributed by atoms with E-state index < -0.39 is 34.8 Å². The Morgan fingerprint density at radius 3 is 2.73 bits per heavy atom. The van der Waals surface area contributed by atoms with Gasteiger partial charge in [0.05, 0.1) is 10.9 Å². The van der Waals surface area contributed by atoms with E-state index >= 15 is 0 Å². The molecule has 2 aromatic carbocycles. The van der Waals surface area contributed by atoms with Crippen molar-refractivity contribution in [2.24, 2.45) is 5.41 Å². The molecule has 0 bridgehead atoms. The number of rotatable bonds is 4. The fourth-order valence-electron chi connectivity index (χ4n) is 4.40. The van der Waals surface area contributed by atoms with Crippen LogP contribution in [0, 0.1) is 17.0 Å². The Bertz CT molecular complexity index is 1160. The third-order valence-electron chi connectivity index (χ3n) is 5.92. The number of halogens is 2. The Kier molecular flexibility index (Phi) is 6.03. The van der Waals surface area contributed by atoms with Gasteiger partial charge in [-0.15, -0.1) is 5.10 Å². The third kappa shape index (κ3) is 4.94. The van der Waals surface area contributed by atoms with E-state index in [2.05, 4.69) is 10.2 Å². The van der Waals surface area contributed by atoms with Crippen molar-refractivity contribution in [3.05, 3.63) is 59.7 Å². The number of hydrogen-bond donors (Lipinski definition) is 1. The molecular formula is C25H29F2N3O3. The number of nitrogens with zero attached hydrogens (tertiary/aromatic N) is 2. The van der Waals surface area contributed by atoms with Crippen LogP contribution < -0.4 is 4.74 Å². The normalized spacial score (nSPS) is 20.0. The largest absolute Gasteiger partial charge is 0.467 e. The van der Waals surface area contributed by atoms with Crippen molar-refractivity contribution in [2.75, 3.05) is 13.1 Å². The van der Waals surface area contributed by atoms with Crippen LogP contribution in [-0.4, -0.2) is 39.9 Å². The summed E-state index contributed by atoms with van der Waals surface area (Å²) in [5.74, 6) is -0.831. The maximum absolute atomic E-state index is 15.0. The highest BCUT2D eigenvalue weighted by atomic mass is 19.1. The lowest BCUT2D eigenvalue weighted by molar-refractivity contribution is -0.0274. The van der Waals surface area contributed by atoms with Gasteiger partial charge in [-0.1, -0.05) is 19.1 Å². The van der Waals surface area contributed by atoms with Gasteiger partial charge in [-0.2, -0.15) is 0 Å². The highest BCUT2D eigenvalue weighted by molar-refractivity contribution is 5.83. The Labute approximate surface area is 191 Å². The van der Waals surface area contributed by atoms with Crippen molar-refractivity contribution in [1.82, 2.24) is 15.1 Å². The van der Waals surface area contributed by atoms with Crippen LogP contribution in [0.15, 0.2) is 42.5 Å². The molecule has 0 spiro atoms. The van der Waals surface area contributed by atoms with Gasteiger partial charge in [0.15, 0.2) is 0 Å². The number of benzene rings is 2. The summed E-state index contributed by atoms with van der Waals surface area (Å²) < 4.78 is 41.1. The van der Waals surface area contributed by atoms with Crippen molar-refractivity contribution >= 4 is 17.0 Å². The molecule has 2 heterocycles. The second-order valence-corrected chi connectivity index (χ2v) is 9.90. The van der Waals surface area contributed by atoms with Crippen LogP contribution in [0.3, 0.4) is 0 Å². The number of para-hydroxylation sites is 1. The van der Waals surface area contributed by atoms with Gasteiger partial charge in [-0.25, -0.2) is 13.6 Å². The van der Waals surface area contributed by atoms with Gasteiger partial charge in [-0.05, 0) is 63.9 Å². The van der Waals surface area contributed by atoms with E-state index in [-0.39, 0.29) is 12.1 Å². The SMILES string of the molecule is CC(C)(C)OC(=O)N1CCCC(C)(C(Oc2n[nH]c3ccccc23)c2cc(F)ccc2F)C1. The molecule has 1 N–H and O–H groups in total. The molecule has 2 unspecified atom stereocenters. The summed E-state index contributed by atoms with van der Waals surface area (Å²) in [6.45, 7) is 8.15. The van der Waals surface area contributed by atoms with Gasteiger partial charge >= 0.3 is 6.09 Å². The average molecular weight is 458 g/mol. The van der Waals surface area contributed by atoms with E-state index in [1.165, 1.54) is 0 Å². The molecule has 1 aliphatic heterocycles. The fourth-order valence-corrected chi connectivity index (χ4v) is 4.40. The third-order valence-corrected chi connectivity index (χ3v) is 5.92. The molecule has 4 rings (SSSR count). The van der Waals surface area contributed by atoms with E-state index in [0.717, 1.165) is 29.1 Å². The first-order valence-corrected chi connectivity index (χ1v) is 11.1. The lowest BCUT2D eigenvalue weighted by atomic mass is 9.74. The minimum absolute atomic E-state index is 0.0932. The first kappa shape index (κ1) is 23.0. The summed E-state index contributed by atoms with van der Waals surface area (Å²) >= 11 is 0. The molecule has 1 amide bonds. The van der Waals surface area contributed by atoms with E-state index in [4.69, 9.17) is 9.47 Å². The van der Waals surface area contributed by atoms with Crippen LogP contribution in [-0.2, 0) is 4.74 Å². The number of carbonyl (C=O) groups excluding carboxylic acids is 1. The number of aromatic nitrogens is 2. The molecule has 3 aromatic rings. The number of likely N-dealkylation sites (tertiary alicyclic amines) is 1. The number of aromatic amines is 1. The van der Waals surface area contributed by atoms with E-state index in [1.54, 1.807) is 4.90 Å². The lowest BCUT2D eigenvalue weighted by Gasteiger charge is -2.44. The Morgan fingerprint density at radius 1 is 1.21 bits per heavy atom. The second-order valence-electron chi connectivity index (χ2n) is 9.90. The predicted molar refractivity (Wildman–Crippen MR) is 121 cm³/mol. The molecule has 33 heavy (non-hydrogen) atoms. The zero-order valence-corrected chi connectivity index (χ0v) is 19.3. The number of fused-ring (bicyclic) bond motifs is 1. The number of carbonyl (C=O) groups is 1. The number of amides is 1. The summed E-state index contributed by atoms with van der Waals surface area (Å²) in [4.78, 5) is 14.4. The van der Waals surface area contributed by atoms with Crippen molar-refractivity contribution < 1.29 is 23.0 Å². The van der Waals surface area contributed by atoms with Crippen LogP contribution in [0.5, 0.6) is 5.88 Å². The fraction of sp³-hybridized carbons (Fsp3) is 0.440. The van der Waals surface area contributed by atoms with Crippen molar-refractivity contribution in [3.63, 3.8) is 0 Å². The molecule has 0 saturated carbocycles. The van der Waals surface area contributed by atoms with Crippen LogP contribution in [0.25, 0.3) is 10.9 Å². The number of H-pyrrole nitrogens is 1. The van der Waals surface area contributed by atoms with Gasteiger partial charge in [0, 0.05) is 24.1 Å². The smallest absolute Gasteiger partial charge is 0.410 e. The van der Waals surface area contributed by atoms with Crippen molar-refractivity contribution in [1.29, 1.82) is 0 Å². The molecule has 0 radical (unpaired) electrons. The molecule has 1 aliphatic rings. The highest BCUT2D eigenvalue weighted by Crippen LogP contribution is 2.45. The number of piperidine rings is 1. The summed E-state index contributed by atoms with van der Waals surface area (Å²) in [5, 5.41) is 7.92. The molecular weight excluding hydrogens is 428 g/mol. The molecule has 8 heteroatoms. The molecule has 1 saturated heterocycles. The zero-order valence-electron chi connectivity index (χ0n) is 19.3. The molecule has 1 aromatic heterocycles. The van der Waals surface area contributed by atoms with Gasteiger partial charge < -0.3 is 14.4 Å². The second kappa shape index (κ2) is 8.65. The Balaban J connectivity index is 1.72.